The molecular formula is C28H41N3O. The second-order valence-corrected chi connectivity index (χ2v) is 10.2. The molecule has 2 unspecified atom stereocenters. The van der Waals surface area contributed by atoms with Gasteiger partial charge < -0.3 is 10.8 Å². The highest BCUT2D eigenvalue weighted by molar-refractivity contribution is 5.67. The summed E-state index contributed by atoms with van der Waals surface area (Å²) in [6.45, 7) is 0. The zero-order chi connectivity index (χ0) is 22.2. The molecule has 1 aromatic heterocycles. The number of phenolic OH excluding ortho intramolecular Hbond substituents is 1. The Bertz CT molecular complexity index is 842. The average molecular weight is 436 g/mol. The Hall–Kier alpha value is -2.10. The van der Waals surface area contributed by atoms with E-state index in [1.807, 2.05) is 18.2 Å². The summed E-state index contributed by atoms with van der Waals surface area (Å²) in [4.78, 5) is 0. The fraction of sp³-hybridized carbons (Fsp3) is 0.643. The minimum absolute atomic E-state index is 0.241. The van der Waals surface area contributed by atoms with Crippen molar-refractivity contribution in [2.45, 2.75) is 102 Å². The Kier molecular flexibility index (Phi) is 8.42. The predicted molar refractivity (Wildman–Crippen MR) is 133 cm³/mol. The summed E-state index contributed by atoms with van der Waals surface area (Å²) < 4.78 is 0. The molecule has 0 amide bonds. The van der Waals surface area contributed by atoms with Gasteiger partial charge in [0.05, 0.1) is 5.69 Å². The third-order valence-corrected chi connectivity index (χ3v) is 8.04. The van der Waals surface area contributed by atoms with Gasteiger partial charge in [0.1, 0.15) is 11.6 Å². The van der Waals surface area contributed by atoms with Gasteiger partial charge in [-0.3, -0.25) is 0 Å². The van der Waals surface area contributed by atoms with Gasteiger partial charge in [0.25, 0.3) is 0 Å². The first-order valence-corrected chi connectivity index (χ1v) is 13.1. The Labute approximate surface area is 194 Å². The lowest BCUT2D eigenvalue weighted by molar-refractivity contribution is 0.247. The van der Waals surface area contributed by atoms with Crippen LogP contribution >= 0.6 is 0 Å². The molecule has 2 atom stereocenters. The summed E-state index contributed by atoms with van der Waals surface area (Å²) >= 11 is 0. The Balaban J connectivity index is 1.45. The summed E-state index contributed by atoms with van der Waals surface area (Å²) in [5, 5.41) is 18.8. The number of benzene rings is 1. The third kappa shape index (κ3) is 6.02. The first-order chi connectivity index (χ1) is 15.7. The molecule has 0 spiro atoms. The van der Waals surface area contributed by atoms with Crippen molar-refractivity contribution in [3.63, 3.8) is 0 Å². The molecule has 2 aliphatic carbocycles. The Morgan fingerprint density at radius 1 is 0.688 bits per heavy atom. The molecule has 1 heterocycles. The van der Waals surface area contributed by atoms with Gasteiger partial charge in [-0.1, -0.05) is 95.6 Å². The highest BCUT2D eigenvalue weighted by atomic mass is 16.3. The molecule has 4 heteroatoms. The fourth-order valence-corrected chi connectivity index (χ4v) is 6.20. The molecule has 1 aromatic carbocycles. The van der Waals surface area contributed by atoms with E-state index in [9.17, 15) is 5.11 Å². The van der Waals surface area contributed by atoms with Crippen molar-refractivity contribution in [2.24, 2.45) is 11.8 Å². The molecule has 0 saturated heterocycles. The van der Waals surface area contributed by atoms with Crippen LogP contribution in [0, 0.1) is 11.8 Å². The van der Waals surface area contributed by atoms with Crippen LogP contribution in [0.1, 0.15) is 108 Å². The van der Waals surface area contributed by atoms with Crippen LogP contribution in [-0.2, 0) is 0 Å². The maximum Gasteiger partial charge on any atom is 0.149 e. The standard InChI is InChI=1S/C28H41N3O/c29-28-25(20-26(30-31-28)24-18-9-10-19-27(24)32)23-15-8-7-14-22(16-11-17-23)21-12-5-3-1-2-4-6-13-21/h9-10,18-23,32H,1-8,11-17H2,(H2,29,31). The molecule has 32 heavy (non-hydrogen) atoms. The number of para-hydroxylation sites is 1. The minimum atomic E-state index is 0.241. The lowest BCUT2D eigenvalue weighted by atomic mass is 9.79. The number of nitrogen functional groups attached to an aromatic ring is 1. The number of nitrogens with zero attached hydrogens (tertiary/aromatic N) is 2. The molecule has 2 aromatic rings. The van der Waals surface area contributed by atoms with E-state index in [0.717, 1.165) is 28.7 Å². The topological polar surface area (TPSA) is 72.0 Å². The molecular weight excluding hydrogens is 394 g/mol. The summed E-state index contributed by atoms with van der Waals surface area (Å²) in [5.41, 5.74) is 8.89. The van der Waals surface area contributed by atoms with Crippen LogP contribution in [0.5, 0.6) is 5.75 Å². The quantitative estimate of drug-likeness (QED) is 0.520. The van der Waals surface area contributed by atoms with E-state index in [1.54, 1.807) is 6.07 Å². The SMILES string of the molecule is Nc1nnc(-c2ccccc2O)cc1C1CCCCC(C2CCCCCCCC2)CCC1. The number of phenols is 1. The van der Waals surface area contributed by atoms with E-state index in [0.29, 0.717) is 11.7 Å². The van der Waals surface area contributed by atoms with Crippen LogP contribution in [-0.4, -0.2) is 15.3 Å². The third-order valence-electron chi connectivity index (χ3n) is 8.04. The highest BCUT2D eigenvalue weighted by Crippen LogP contribution is 2.39. The summed E-state index contributed by atoms with van der Waals surface area (Å²) in [7, 11) is 0. The van der Waals surface area contributed by atoms with Crippen LogP contribution in [0.15, 0.2) is 30.3 Å². The maximum atomic E-state index is 10.3. The van der Waals surface area contributed by atoms with E-state index >= 15 is 0 Å². The van der Waals surface area contributed by atoms with Crippen LogP contribution in [0.25, 0.3) is 11.3 Å². The first kappa shape index (κ1) is 23.1. The van der Waals surface area contributed by atoms with Gasteiger partial charge in [0.15, 0.2) is 0 Å². The van der Waals surface area contributed by atoms with Crippen molar-refractivity contribution < 1.29 is 5.11 Å². The van der Waals surface area contributed by atoms with Gasteiger partial charge in [0, 0.05) is 11.1 Å². The lowest BCUT2D eigenvalue weighted by Gasteiger charge is -2.27. The number of anilines is 1. The van der Waals surface area contributed by atoms with Crippen LogP contribution in [0.3, 0.4) is 0 Å². The fourth-order valence-electron chi connectivity index (χ4n) is 6.20. The smallest absolute Gasteiger partial charge is 0.149 e. The Morgan fingerprint density at radius 3 is 1.97 bits per heavy atom. The van der Waals surface area contributed by atoms with Crippen molar-refractivity contribution in [1.29, 1.82) is 0 Å². The predicted octanol–water partition coefficient (Wildman–Crippen LogP) is 7.63. The number of hydrogen-bond acceptors (Lipinski definition) is 4. The van der Waals surface area contributed by atoms with Crippen molar-refractivity contribution in [1.82, 2.24) is 10.2 Å². The van der Waals surface area contributed by atoms with Crippen molar-refractivity contribution >= 4 is 5.82 Å². The van der Waals surface area contributed by atoms with E-state index in [-0.39, 0.29) is 5.75 Å². The monoisotopic (exact) mass is 435 g/mol. The van der Waals surface area contributed by atoms with Gasteiger partial charge in [-0.05, 0) is 48.8 Å². The molecule has 3 N–H and O–H groups in total. The van der Waals surface area contributed by atoms with Crippen LogP contribution < -0.4 is 5.73 Å². The van der Waals surface area contributed by atoms with E-state index < -0.39 is 0 Å². The van der Waals surface area contributed by atoms with Crippen molar-refractivity contribution in [3.05, 3.63) is 35.9 Å². The second-order valence-electron chi connectivity index (χ2n) is 10.2. The number of aromatic hydroxyl groups is 1. The molecule has 174 valence electrons. The molecule has 0 radical (unpaired) electrons. The minimum Gasteiger partial charge on any atom is -0.507 e. The summed E-state index contributed by atoms with van der Waals surface area (Å²) in [6, 6.07) is 9.42. The summed E-state index contributed by atoms with van der Waals surface area (Å²) in [6.07, 6.45) is 20.6. The molecule has 4 rings (SSSR count). The lowest BCUT2D eigenvalue weighted by Crippen LogP contribution is -2.15. The van der Waals surface area contributed by atoms with E-state index in [2.05, 4.69) is 16.3 Å². The highest BCUT2D eigenvalue weighted by Gasteiger charge is 2.25. The average Bonchev–Trinajstić information content (AvgIpc) is 3.02. The molecule has 0 aliphatic heterocycles. The van der Waals surface area contributed by atoms with Crippen molar-refractivity contribution in [2.75, 3.05) is 5.73 Å². The van der Waals surface area contributed by atoms with Gasteiger partial charge >= 0.3 is 0 Å². The molecule has 0 bridgehead atoms. The largest absolute Gasteiger partial charge is 0.507 e. The van der Waals surface area contributed by atoms with Crippen LogP contribution in [0.2, 0.25) is 0 Å². The van der Waals surface area contributed by atoms with Gasteiger partial charge in [-0.15, -0.1) is 10.2 Å². The van der Waals surface area contributed by atoms with Crippen molar-refractivity contribution in [3.8, 4) is 17.0 Å². The molecule has 4 nitrogen and oxygen atoms in total. The van der Waals surface area contributed by atoms with Gasteiger partial charge in [-0.25, -0.2) is 0 Å². The number of hydrogen-bond donors (Lipinski definition) is 2. The van der Waals surface area contributed by atoms with Gasteiger partial charge in [-0.2, -0.15) is 0 Å². The number of aromatic nitrogens is 2. The zero-order valence-electron chi connectivity index (χ0n) is 19.6. The van der Waals surface area contributed by atoms with E-state index in [4.69, 9.17) is 5.73 Å². The number of nitrogens with two attached hydrogens (primary N) is 1. The number of rotatable bonds is 3. The van der Waals surface area contributed by atoms with Gasteiger partial charge in [0.2, 0.25) is 0 Å². The summed E-state index contributed by atoms with van der Waals surface area (Å²) in [5.74, 6) is 3.10. The molecule has 2 saturated carbocycles. The van der Waals surface area contributed by atoms with E-state index in [1.165, 1.54) is 96.3 Å². The Morgan fingerprint density at radius 2 is 1.25 bits per heavy atom. The molecule has 2 aliphatic rings. The first-order valence-electron chi connectivity index (χ1n) is 13.1. The normalized spacial score (nSPS) is 24.4. The molecule has 2 fully saturated rings. The zero-order valence-corrected chi connectivity index (χ0v) is 19.6. The second kappa shape index (κ2) is 11.7. The maximum absolute atomic E-state index is 10.3. The van der Waals surface area contributed by atoms with Crippen LogP contribution in [0.4, 0.5) is 5.82 Å².